The second-order valence-corrected chi connectivity index (χ2v) is 10.8. The molecular formula is C31H29F3N4O3. The van der Waals surface area contributed by atoms with Gasteiger partial charge in [0.05, 0.1) is 24.2 Å². The Balaban J connectivity index is 1.39. The van der Waals surface area contributed by atoms with Crippen molar-refractivity contribution in [3.8, 4) is 5.75 Å². The topological polar surface area (TPSA) is 83.6 Å². The Kier molecular flexibility index (Phi) is 6.81. The number of pyridine rings is 1. The van der Waals surface area contributed by atoms with Crippen LogP contribution in [0.2, 0.25) is 0 Å². The van der Waals surface area contributed by atoms with E-state index >= 15 is 0 Å². The van der Waals surface area contributed by atoms with Gasteiger partial charge in [-0.05, 0) is 85.3 Å². The number of rotatable bonds is 8. The van der Waals surface area contributed by atoms with Crippen LogP contribution in [-0.4, -0.2) is 36.1 Å². The van der Waals surface area contributed by atoms with E-state index in [9.17, 15) is 22.8 Å². The standard InChI is InChI=1S/C31H29F3N4O3/c1-3-17-16-38-13-11-18(17)14-25(38)26(22-10-12-35-24-9-8-21(41-2)15-23(22)24)37-28-27(29(39)30(28)40)36-20-6-4-19(5-7-20)31(32,33)34/h3-10,12,15,17-18,25-26,36-37H,1,11,13-14,16H2,2H3/t17-,18-,25+,26+/m0/s1. The number of halogens is 3. The summed E-state index contributed by atoms with van der Waals surface area (Å²) in [5, 5.41) is 7.14. The molecule has 1 aromatic heterocycles. The van der Waals surface area contributed by atoms with Crippen LogP contribution in [0.5, 0.6) is 5.75 Å². The summed E-state index contributed by atoms with van der Waals surface area (Å²) in [5.41, 5.74) is -0.0711. The van der Waals surface area contributed by atoms with E-state index in [1.54, 1.807) is 13.3 Å². The molecule has 2 N–H and O–H groups in total. The number of anilines is 3. The zero-order valence-electron chi connectivity index (χ0n) is 22.4. The number of nitrogens with one attached hydrogen (secondary N) is 2. The van der Waals surface area contributed by atoms with E-state index < -0.39 is 22.6 Å². The lowest BCUT2D eigenvalue weighted by Crippen LogP contribution is -2.56. The third kappa shape index (κ3) is 4.86. The largest absolute Gasteiger partial charge is 0.497 e. The molecule has 3 aliphatic heterocycles. The Hall–Kier alpha value is -4.18. The van der Waals surface area contributed by atoms with E-state index in [0.29, 0.717) is 17.6 Å². The molecule has 3 saturated heterocycles. The lowest BCUT2D eigenvalue weighted by Gasteiger charge is -2.52. The predicted octanol–water partition coefficient (Wildman–Crippen LogP) is 5.65. The third-order valence-electron chi connectivity index (χ3n) is 8.55. The number of hydrogen-bond donors (Lipinski definition) is 2. The van der Waals surface area contributed by atoms with E-state index in [-0.39, 0.29) is 29.1 Å². The second-order valence-electron chi connectivity index (χ2n) is 10.8. The molecule has 3 aliphatic rings. The summed E-state index contributed by atoms with van der Waals surface area (Å²) in [6, 6.07) is 11.5. The zero-order chi connectivity index (χ0) is 28.9. The Labute approximate surface area is 234 Å². The molecule has 0 amide bonds. The van der Waals surface area contributed by atoms with Crippen LogP contribution in [0.3, 0.4) is 0 Å². The van der Waals surface area contributed by atoms with Crippen molar-refractivity contribution < 1.29 is 17.9 Å². The van der Waals surface area contributed by atoms with Gasteiger partial charge < -0.3 is 15.4 Å². The molecule has 212 valence electrons. The average Bonchev–Trinajstić information content (AvgIpc) is 3.00. The fourth-order valence-electron chi connectivity index (χ4n) is 6.34. The average molecular weight is 563 g/mol. The van der Waals surface area contributed by atoms with Crippen molar-refractivity contribution in [3.63, 3.8) is 0 Å². The minimum absolute atomic E-state index is 0.0186. The van der Waals surface area contributed by atoms with E-state index in [4.69, 9.17) is 4.74 Å². The number of hydrogen-bond acceptors (Lipinski definition) is 7. The minimum Gasteiger partial charge on any atom is -0.497 e. The fourth-order valence-corrected chi connectivity index (χ4v) is 6.34. The van der Waals surface area contributed by atoms with Gasteiger partial charge in [-0.15, -0.1) is 6.58 Å². The van der Waals surface area contributed by atoms with E-state index in [0.717, 1.165) is 54.5 Å². The van der Waals surface area contributed by atoms with E-state index in [2.05, 4.69) is 27.1 Å². The van der Waals surface area contributed by atoms with E-state index in [1.165, 1.54) is 12.1 Å². The molecule has 0 saturated carbocycles. The highest BCUT2D eigenvalue weighted by Crippen LogP contribution is 2.44. The molecule has 4 aromatic rings. The summed E-state index contributed by atoms with van der Waals surface area (Å²) in [6.45, 7) is 5.79. The first-order chi connectivity index (χ1) is 19.7. The van der Waals surface area contributed by atoms with Gasteiger partial charge in [-0.2, -0.15) is 13.2 Å². The number of benzene rings is 2. The van der Waals surface area contributed by atoms with Crippen molar-refractivity contribution in [2.45, 2.75) is 31.1 Å². The number of aromatic nitrogens is 1. The van der Waals surface area contributed by atoms with Gasteiger partial charge in [-0.1, -0.05) is 6.08 Å². The number of fused-ring (bicyclic) bond motifs is 4. The van der Waals surface area contributed by atoms with Crippen molar-refractivity contribution >= 4 is 28.0 Å². The molecule has 41 heavy (non-hydrogen) atoms. The number of piperidine rings is 3. The second kappa shape index (κ2) is 10.3. The van der Waals surface area contributed by atoms with Gasteiger partial charge in [0.1, 0.15) is 17.1 Å². The normalized spacial score (nSPS) is 22.9. The first-order valence-corrected chi connectivity index (χ1v) is 13.5. The summed E-state index contributed by atoms with van der Waals surface area (Å²) in [5.74, 6) is 1.51. The summed E-state index contributed by atoms with van der Waals surface area (Å²) in [6.07, 6.45) is 1.20. The van der Waals surface area contributed by atoms with Gasteiger partial charge in [0.25, 0.3) is 10.9 Å². The maximum atomic E-state index is 13.0. The van der Waals surface area contributed by atoms with Crippen molar-refractivity contribution in [2.24, 2.45) is 11.8 Å². The molecule has 7 rings (SSSR count). The highest BCUT2D eigenvalue weighted by atomic mass is 19.4. The SMILES string of the molecule is C=C[C@H]1CN2CC[C@H]1C[C@@H]2[C@H](Nc1c(Nc2ccc(C(F)(F)F)cc2)c(=O)c1=O)c1ccnc2ccc(OC)cc12. The Bertz CT molecular complexity index is 1680. The fraction of sp³-hybridized carbons (Fsp3) is 0.323. The monoisotopic (exact) mass is 562 g/mol. The van der Waals surface area contributed by atoms with Crippen molar-refractivity contribution in [2.75, 3.05) is 30.8 Å². The molecule has 0 radical (unpaired) electrons. The van der Waals surface area contributed by atoms with Crippen LogP contribution in [0.1, 0.15) is 30.0 Å². The van der Waals surface area contributed by atoms with Gasteiger partial charge in [0.2, 0.25) is 0 Å². The number of alkyl halides is 3. The van der Waals surface area contributed by atoms with Crippen LogP contribution in [-0.2, 0) is 6.18 Å². The van der Waals surface area contributed by atoms with Crippen molar-refractivity contribution in [1.29, 1.82) is 0 Å². The van der Waals surface area contributed by atoms with Crippen molar-refractivity contribution in [3.05, 3.63) is 99.0 Å². The molecular weight excluding hydrogens is 533 g/mol. The minimum atomic E-state index is -4.48. The van der Waals surface area contributed by atoms with Crippen LogP contribution in [0, 0.1) is 11.8 Å². The van der Waals surface area contributed by atoms with Crippen LogP contribution < -0.4 is 26.2 Å². The number of nitrogens with zero attached hydrogens (tertiary/aromatic N) is 2. The number of methoxy groups -OCH3 is 1. The molecule has 5 atom stereocenters. The van der Waals surface area contributed by atoms with Gasteiger partial charge in [-0.25, -0.2) is 0 Å². The molecule has 1 unspecified atom stereocenters. The first kappa shape index (κ1) is 27.0. The summed E-state index contributed by atoms with van der Waals surface area (Å²) in [4.78, 5) is 32.5. The third-order valence-corrected chi connectivity index (χ3v) is 8.55. The predicted molar refractivity (Wildman–Crippen MR) is 153 cm³/mol. The Morgan fingerprint density at radius 3 is 2.51 bits per heavy atom. The Morgan fingerprint density at radius 1 is 1.10 bits per heavy atom. The maximum absolute atomic E-state index is 13.0. The van der Waals surface area contributed by atoms with Gasteiger partial charge in [0.15, 0.2) is 0 Å². The van der Waals surface area contributed by atoms with E-state index in [1.807, 2.05) is 30.3 Å². The van der Waals surface area contributed by atoms with Gasteiger partial charge in [-0.3, -0.25) is 19.5 Å². The molecule has 4 heterocycles. The van der Waals surface area contributed by atoms with Crippen LogP contribution >= 0.6 is 0 Å². The molecule has 10 heteroatoms. The summed E-state index contributed by atoms with van der Waals surface area (Å²) < 4.78 is 44.6. The maximum Gasteiger partial charge on any atom is 0.416 e. The first-order valence-electron chi connectivity index (χ1n) is 13.5. The highest BCUT2D eigenvalue weighted by Gasteiger charge is 2.43. The van der Waals surface area contributed by atoms with Crippen LogP contribution in [0.4, 0.5) is 30.2 Å². The Morgan fingerprint density at radius 2 is 1.85 bits per heavy atom. The smallest absolute Gasteiger partial charge is 0.416 e. The molecule has 0 aliphatic carbocycles. The summed E-state index contributed by atoms with van der Waals surface area (Å²) >= 11 is 0. The highest BCUT2D eigenvalue weighted by molar-refractivity contribution is 5.85. The van der Waals surface area contributed by atoms with Crippen LogP contribution in [0.25, 0.3) is 10.9 Å². The van der Waals surface area contributed by atoms with Crippen LogP contribution in [0.15, 0.2) is 77.0 Å². The molecule has 0 spiro atoms. The number of ether oxygens (including phenoxy) is 1. The van der Waals surface area contributed by atoms with Crippen molar-refractivity contribution in [1.82, 2.24) is 9.88 Å². The molecule has 7 nitrogen and oxygen atoms in total. The molecule has 3 aromatic carbocycles. The zero-order valence-corrected chi connectivity index (χ0v) is 22.4. The quantitative estimate of drug-likeness (QED) is 0.212. The summed E-state index contributed by atoms with van der Waals surface area (Å²) in [7, 11) is 1.59. The van der Waals surface area contributed by atoms with Gasteiger partial charge in [0, 0.05) is 29.9 Å². The lowest BCUT2D eigenvalue weighted by atomic mass is 9.73. The van der Waals surface area contributed by atoms with Gasteiger partial charge >= 0.3 is 6.18 Å². The molecule has 2 bridgehead atoms. The molecule has 3 fully saturated rings. The lowest BCUT2D eigenvalue weighted by molar-refractivity contribution is -0.137.